The Morgan fingerprint density at radius 1 is 0.900 bits per heavy atom. The van der Waals surface area contributed by atoms with E-state index < -0.39 is 36.3 Å². The van der Waals surface area contributed by atoms with Gasteiger partial charge in [-0.1, -0.05) is 60.7 Å². The van der Waals surface area contributed by atoms with Crippen molar-refractivity contribution in [3.63, 3.8) is 0 Å². The standard InChI is InChI=1S/C23H28O7/c1-26-20-19(24)22-29-18(14-27-12-16-8-4-2-5-9-16)23(30-22,21(20)25)15-28-13-17-10-6-3-7-11-17/h2-11,18-22,24-25H,12-15H2,1H3/t18-,19+,20+,21-,22-,23-/m0/s1. The Hall–Kier alpha value is -1.84. The maximum absolute atomic E-state index is 11.0. The molecule has 2 aliphatic rings. The summed E-state index contributed by atoms with van der Waals surface area (Å²) in [5, 5.41) is 21.5. The van der Waals surface area contributed by atoms with Gasteiger partial charge >= 0.3 is 0 Å². The zero-order valence-corrected chi connectivity index (χ0v) is 16.9. The van der Waals surface area contributed by atoms with Gasteiger partial charge in [0.2, 0.25) is 0 Å². The van der Waals surface area contributed by atoms with Crippen molar-refractivity contribution in [1.82, 2.24) is 0 Å². The number of hydrogen-bond acceptors (Lipinski definition) is 7. The van der Waals surface area contributed by atoms with Gasteiger partial charge in [0.1, 0.15) is 24.4 Å². The quantitative estimate of drug-likeness (QED) is 0.643. The second-order valence-corrected chi connectivity index (χ2v) is 7.68. The van der Waals surface area contributed by atoms with Crippen LogP contribution in [0.5, 0.6) is 0 Å². The van der Waals surface area contributed by atoms with E-state index in [1.165, 1.54) is 7.11 Å². The Bertz CT molecular complexity index is 787. The molecular formula is C23H28O7. The highest BCUT2D eigenvalue weighted by atomic mass is 16.8. The summed E-state index contributed by atoms with van der Waals surface area (Å²) in [5.74, 6) is 0. The zero-order chi connectivity index (χ0) is 21.0. The smallest absolute Gasteiger partial charge is 0.187 e. The number of hydrogen-bond donors (Lipinski definition) is 2. The summed E-state index contributed by atoms with van der Waals surface area (Å²) in [5.41, 5.74) is 0.842. The fourth-order valence-corrected chi connectivity index (χ4v) is 4.05. The van der Waals surface area contributed by atoms with Crippen LogP contribution >= 0.6 is 0 Å². The van der Waals surface area contributed by atoms with E-state index in [4.69, 9.17) is 23.7 Å². The Labute approximate surface area is 176 Å². The van der Waals surface area contributed by atoms with Crippen LogP contribution < -0.4 is 0 Å². The van der Waals surface area contributed by atoms with Crippen LogP contribution in [0.25, 0.3) is 0 Å². The fourth-order valence-electron chi connectivity index (χ4n) is 4.05. The Morgan fingerprint density at radius 3 is 2.10 bits per heavy atom. The highest BCUT2D eigenvalue weighted by Crippen LogP contribution is 2.43. The zero-order valence-electron chi connectivity index (χ0n) is 16.9. The molecule has 162 valence electrons. The van der Waals surface area contributed by atoms with E-state index in [2.05, 4.69) is 0 Å². The molecule has 0 spiro atoms. The average Bonchev–Trinajstić information content (AvgIpc) is 3.12. The third-order valence-corrected chi connectivity index (χ3v) is 5.70. The van der Waals surface area contributed by atoms with E-state index in [9.17, 15) is 10.2 Å². The molecule has 2 fully saturated rings. The van der Waals surface area contributed by atoms with Crippen molar-refractivity contribution in [2.45, 2.75) is 49.5 Å². The molecule has 7 nitrogen and oxygen atoms in total. The Balaban J connectivity index is 1.45. The minimum absolute atomic E-state index is 0.0749. The molecule has 7 heteroatoms. The third-order valence-electron chi connectivity index (χ3n) is 5.70. The average molecular weight is 416 g/mol. The predicted molar refractivity (Wildman–Crippen MR) is 107 cm³/mol. The van der Waals surface area contributed by atoms with Crippen LogP contribution in [-0.2, 0) is 36.9 Å². The number of aliphatic hydroxyl groups excluding tert-OH is 2. The summed E-state index contributed by atoms with van der Waals surface area (Å²) in [6.07, 6.45) is -4.62. The molecule has 0 aliphatic carbocycles. The Kier molecular flexibility index (Phi) is 6.80. The molecule has 0 radical (unpaired) electrons. The van der Waals surface area contributed by atoms with E-state index in [0.717, 1.165) is 11.1 Å². The molecule has 2 heterocycles. The Morgan fingerprint density at radius 2 is 1.50 bits per heavy atom. The van der Waals surface area contributed by atoms with Crippen LogP contribution in [0.2, 0.25) is 0 Å². The van der Waals surface area contributed by atoms with Gasteiger partial charge in [0.25, 0.3) is 0 Å². The lowest BCUT2D eigenvalue weighted by atomic mass is 9.84. The number of rotatable bonds is 9. The normalized spacial score (nSPS) is 33.0. The molecule has 0 saturated carbocycles. The van der Waals surface area contributed by atoms with Crippen LogP contribution in [0.3, 0.4) is 0 Å². The minimum Gasteiger partial charge on any atom is -0.387 e. The second kappa shape index (κ2) is 9.53. The maximum atomic E-state index is 11.0. The van der Waals surface area contributed by atoms with E-state index in [-0.39, 0.29) is 13.2 Å². The van der Waals surface area contributed by atoms with Gasteiger partial charge in [0.05, 0.1) is 26.4 Å². The number of ether oxygens (including phenoxy) is 5. The molecule has 2 aromatic rings. The number of methoxy groups -OCH3 is 1. The van der Waals surface area contributed by atoms with Crippen LogP contribution in [0.15, 0.2) is 60.7 Å². The molecule has 0 unspecified atom stereocenters. The first-order valence-corrected chi connectivity index (χ1v) is 10.1. The fraction of sp³-hybridized carbons (Fsp3) is 0.478. The van der Waals surface area contributed by atoms with Gasteiger partial charge in [-0.2, -0.15) is 0 Å². The van der Waals surface area contributed by atoms with Gasteiger partial charge < -0.3 is 33.9 Å². The number of benzene rings is 2. The minimum atomic E-state index is -1.20. The van der Waals surface area contributed by atoms with Crippen LogP contribution in [-0.4, -0.2) is 66.8 Å². The molecule has 4 rings (SSSR count). The highest BCUT2D eigenvalue weighted by molar-refractivity contribution is 5.15. The lowest BCUT2D eigenvalue weighted by molar-refractivity contribution is -0.274. The molecule has 2 bridgehead atoms. The molecule has 2 saturated heterocycles. The van der Waals surface area contributed by atoms with Crippen molar-refractivity contribution < 1.29 is 33.9 Å². The van der Waals surface area contributed by atoms with Gasteiger partial charge in [-0.3, -0.25) is 0 Å². The lowest BCUT2D eigenvalue weighted by Crippen LogP contribution is -2.65. The van der Waals surface area contributed by atoms with Gasteiger partial charge in [0.15, 0.2) is 11.9 Å². The van der Waals surface area contributed by atoms with Crippen molar-refractivity contribution in [3.8, 4) is 0 Å². The van der Waals surface area contributed by atoms with Crippen LogP contribution in [0, 0.1) is 0 Å². The maximum Gasteiger partial charge on any atom is 0.187 e. The summed E-state index contributed by atoms with van der Waals surface area (Å²) in [6, 6.07) is 19.5. The number of aliphatic hydroxyl groups is 2. The molecule has 2 N–H and O–H groups in total. The summed E-state index contributed by atoms with van der Waals surface area (Å²) >= 11 is 0. The SMILES string of the molecule is CO[C@@H]1[C@@H](O)[C@H]2O[C@@H](COCc3ccccc3)[C@](COCc3ccccc3)(O2)[C@H]1O. The first kappa shape index (κ1) is 21.4. The van der Waals surface area contributed by atoms with E-state index >= 15 is 0 Å². The summed E-state index contributed by atoms with van der Waals surface area (Å²) in [6.45, 7) is 1.02. The molecule has 0 aromatic heterocycles. The topological polar surface area (TPSA) is 86.6 Å². The first-order valence-electron chi connectivity index (χ1n) is 10.1. The van der Waals surface area contributed by atoms with Gasteiger partial charge in [-0.05, 0) is 11.1 Å². The predicted octanol–water partition coefficient (Wildman–Crippen LogP) is 1.65. The highest BCUT2D eigenvalue weighted by Gasteiger charge is 2.64. The monoisotopic (exact) mass is 416 g/mol. The van der Waals surface area contributed by atoms with Crippen molar-refractivity contribution in [2.75, 3.05) is 20.3 Å². The summed E-state index contributed by atoms with van der Waals surface area (Å²) < 4.78 is 29.0. The summed E-state index contributed by atoms with van der Waals surface area (Å²) in [7, 11) is 1.45. The molecule has 0 amide bonds. The molecule has 2 aliphatic heterocycles. The molecule has 30 heavy (non-hydrogen) atoms. The molecule has 2 aromatic carbocycles. The van der Waals surface area contributed by atoms with Crippen LogP contribution in [0.1, 0.15) is 11.1 Å². The second-order valence-electron chi connectivity index (χ2n) is 7.68. The van der Waals surface area contributed by atoms with E-state index in [1.807, 2.05) is 60.7 Å². The van der Waals surface area contributed by atoms with Crippen molar-refractivity contribution in [1.29, 1.82) is 0 Å². The first-order chi connectivity index (χ1) is 14.6. The van der Waals surface area contributed by atoms with Crippen molar-refractivity contribution in [3.05, 3.63) is 71.8 Å². The van der Waals surface area contributed by atoms with Crippen molar-refractivity contribution >= 4 is 0 Å². The molecule has 6 atom stereocenters. The number of fused-ring (bicyclic) bond motifs is 2. The van der Waals surface area contributed by atoms with E-state index in [0.29, 0.717) is 13.2 Å². The largest absolute Gasteiger partial charge is 0.387 e. The lowest BCUT2D eigenvalue weighted by Gasteiger charge is -2.43. The van der Waals surface area contributed by atoms with Crippen molar-refractivity contribution in [2.24, 2.45) is 0 Å². The van der Waals surface area contributed by atoms with E-state index in [1.54, 1.807) is 0 Å². The van der Waals surface area contributed by atoms with Gasteiger partial charge in [-0.25, -0.2) is 0 Å². The van der Waals surface area contributed by atoms with Gasteiger partial charge in [-0.15, -0.1) is 0 Å². The summed E-state index contributed by atoms with van der Waals surface area (Å²) in [4.78, 5) is 0. The van der Waals surface area contributed by atoms with Crippen LogP contribution in [0.4, 0.5) is 0 Å². The third kappa shape index (κ3) is 4.29. The van der Waals surface area contributed by atoms with Gasteiger partial charge in [0, 0.05) is 7.11 Å². The molecular weight excluding hydrogens is 388 g/mol.